The third-order valence-corrected chi connectivity index (χ3v) is 3.84. The van der Waals surface area contributed by atoms with Crippen molar-refractivity contribution in [1.29, 1.82) is 0 Å². The van der Waals surface area contributed by atoms with Crippen LogP contribution in [0.2, 0.25) is 0 Å². The Hall–Kier alpha value is -0.770. The molecular weight excluding hydrogens is 190 g/mol. The van der Waals surface area contributed by atoms with Crippen LogP contribution in [-0.2, 0) is 0 Å². The molecule has 1 heterocycles. The number of urea groups is 1. The van der Waals surface area contributed by atoms with Crippen molar-refractivity contribution in [3.8, 4) is 0 Å². The molecule has 0 aromatic heterocycles. The Labute approximate surface area is 91.2 Å². The fourth-order valence-electron chi connectivity index (χ4n) is 1.99. The second-order valence-corrected chi connectivity index (χ2v) is 5.32. The Morgan fingerprint density at radius 3 is 2.47 bits per heavy atom. The van der Waals surface area contributed by atoms with E-state index in [4.69, 9.17) is 5.73 Å². The number of carbonyl (C=O) groups excluding carboxylic acids is 1. The lowest BCUT2D eigenvalue weighted by molar-refractivity contribution is 0.0625. The van der Waals surface area contributed by atoms with Gasteiger partial charge < -0.3 is 16.0 Å². The molecule has 1 aliphatic carbocycles. The van der Waals surface area contributed by atoms with Gasteiger partial charge in [0.05, 0.1) is 5.54 Å². The minimum Gasteiger partial charge on any atom is -0.335 e. The lowest BCUT2D eigenvalue weighted by Crippen LogP contribution is -2.72. The fourth-order valence-corrected chi connectivity index (χ4v) is 1.99. The molecule has 3 N–H and O–H groups in total. The molecule has 2 aliphatic rings. The molecule has 86 valence electrons. The van der Waals surface area contributed by atoms with E-state index in [1.807, 2.05) is 4.90 Å². The molecule has 0 unspecified atom stereocenters. The average Bonchev–Trinajstić information content (AvgIpc) is 2.05. The van der Waals surface area contributed by atoms with Gasteiger partial charge in [-0.25, -0.2) is 4.79 Å². The van der Waals surface area contributed by atoms with Crippen molar-refractivity contribution in [1.82, 2.24) is 10.2 Å². The Morgan fingerprint density at radius 2 is 2.07 bits per heavy atom. The molecule has 0 spiro atoms. The van der Waals surface area contributed by atoms with Crippen molar-refractivity contribution in [2.45, 2.75) is 44.7 Å². The Kier molecular flexibility index (Phi) is 2.63. The second-order valence-electron chi connectivity index (χ2n) is 5.32. The Morgan fingerprint density at radius 1 is 1.47 bits per heavy atom. The quantitative estimate of drug-likeness (QED) is 0.713. The number of nitrogens with two attached hydrogens (primary N) is 1. The van der Waals surface area contributed by atoms with Crippen molar-refractivity contribution >= 4 is 6.03 Å². The highest BCUT2D eigenvalue weighted by molar-refractivity contribution is 5.76. The third kappa shape index (κ3) is 1.95. The molecule has 0 atom stereocenters. The van der Waals surface area contributed by atoms with E-state index in [2.05, 4.69) is 19.2 Å². The van der Waals surface area contributed by atoms with Gasteiger partial charge in [-0.05, 0) is 25.2 Å². The third-order valence-electron chi connectivity index (χ3n) is 3.84. The first kappa shape index (κ1) is 10.7. The smallest absolute Gasteiger partial charge is 0.317 e. The van der Waals surface area contributed by atoms with Crippen molar-refractivity contribution in [3.05, 3.63) is 0 Å². The minimum atomic E-state index is -0.156. The summed E-state index contributed by atoms with van der Waals surface area (Å²) in [6, 6.07) is 0.491. The highest BCUT2D eigenvalue weighted by Gasteiger charge is 2.44. The van der Waals surface area contributed by atoms with Crippen LogP contribution in [-0.4, -0.2) is 35.6 Å². The normalized spacial score (nSPS) is 24.7. The van der Waals surface area contributed by atoms with E-state index < -0.39 is 0 Å². The van der Waals surface area contributed by atoms with Gasteiger partial charge in [-0.3, -0.25) is 0 Å². The molecule has 1 saturated carbocycles. The van der Waals surface area contributed by atoms with E-state index >= 15 is 0 Å². The number of nitrogens with zero attached hydrogens (tertiary/aromatic N) is 1. The number of carbonyl (C=O) groups is 1. The second kappa shape index (κ2) is 3.67. The van der Waals surface area contributed by atoms with Crippen molar-refractivity contribution in [2.24, 2.45) is 11.7 Å². The van der Waals surface area contributed by atoms with E-state index in [0.717, 1.165) is 12.8 Å². The van der Waals surface area contributed by atoms with E-state index in [1.165, 1.54) is 6.42 Å². The van der Waals surface area contributed by atoms with Crippen molar-refractivity contribution < 1.29 is 4.79 Å². The van der Waals surface area contributed by atoms with Gasteiger partial charge in [0.15, 0.2) is 0 Å². The number of nitrogens with one attached hydrogen (secondary N) is 1. The molecule has 0 bridgehead atoms. The molecule has 0 aromatic rings. The Bertz CT molecular complexity index is 255. The van der Waals surface area contributed by atoms with Crippen LogP contribution in [0.15, 0.2) is 0 Å². The Balaban J connectivity index is 1.75. The van der Waals surface area contributed by atoms with Gasteiger partial charge in [-0.2, -0.15) is 0 Å². The lowest BCUT2D eigenvalue weighted by Gasteiger charge is -2.50. The van der Waals surface area contributed by atoms with Crippen LogP contribution in [0.25, 0.3) is 0 Å². The molecule has 2 rings (SSSR count). The van der Waals surface area contributed by atoms with Gasteiger partial charge >= 0.3 is 6.03 Å². The van der Waals surface area contributed by atoms with Crippen molar-refractivity contribution in [3.63, 3.8) is 0 Å². The van der Waals surface area contributed by atoms with Crippen LogP contribution >= 0.6 is 0 Å². The summed E-state index contributed by atoms with van der Waals surface area (Å²) in [5.41, 5.74) is 5.97. The first-order valence-electron chi connectivity index (χ1n) is 5.85. The number of hydrogen-bond acceptors (Lipinski definition) is 2. The largest absolute Gasteiger partial charge is 0.335 e. The monoisotopic (exact) mass is 211 g/mol. The van der Waals surface area contributed by atoms with Gasteiger partial charge in [0.1, 0.15) is 0 Å². The maximum absolute atomic E-state index is 11.7. The van der Waals surface area contributed by atoms with Crippen LogP contribution in [0.5, 0.6) is 0 Å². The van der Waals surface area contributed by atoms with Gasteiger partial charge in [0.2, 0.25) is 0 Å². The number of amides is 2. The first-order valence-corrected chi connectivity index (χ1v) is 5.85. The predicted octanol–water partition coefficient (Wildman–Crippen LogP) is 0.918. The summed E-state index contributed by atoms with van der Waals surface area (Å²) in [7, 11) is 0. The highest BCUT2D eigenvalue weighted by atomic mass is 16.2. The molecule has 2 amide bonds. The van der Waals surface area contributed by atoms with Crippen LogP contribution in [0.1, 0.15) is 33.1 Å². The zero-order chi connectivity index (χ0) is 11.1. The molecule has 2 fully saturated rings. The van der Waals surface area contributed by atoms with E-state index in [1.54, 1.807) is 0 Å². The highest BCUT2D eigenvalue weighted by Crippen LogP contribution is 2.26. The minimum absolute atomic E-state index is 0.0708. The molecule has 15 heavy (non-hydrogen) atoms. The first-order chi connectivity index (χ1) is 7.01. The maximum Gasteiger partial charge on any atom is 0.317 e. The number of hydrogen-bond donors (Lipinski definition) is 2. The van der Waals surface area contributed by atoms with Gasteiger partial charge in [-0.15, -0.1) is 0 Å². The zero-order valence-electron chi connectivity index (χ0n) is 9.62. The van der Waals surface area contributed by atoms with E-state index in [0.29, 0.717) is 25.0 Å². The van der Waals surface area contributed by atoms with E-state index in [-0.39, 0.29) is 11.6 Å². The molecule has 1 saturated heterocycles. The summed E-state index contributed by atoms with van der Waals surface area (Å²) in [5.74, 6) is 0.435. The SMILES string of the molecule is CC(C)C1(N)CN(C(=O)NC2CCC2)C1. The maximum atomic E-state index is 11.7. The van der Waals surface area contributed by atoms with E-state index in [9.17, 15) is 4.79 Å². The average molecular weight is 211 g/mol. The van der Waals surface area contributed by atoms with Crippen LogP contribution in [0.3, 0.4) is 0 Å². The predicted molar refractivity (Wildman–Crippen MR) is 59.5 cm³/mol. The topological polar surface area (TPSA) is 58.4 Å². The lowest BCUT2D eigenvalue weighted by atomic mass is 9.80. The summed E-state index contributed by atoms with van der Waals surface area (Å²) in [6.45, 7) is 5.62. The standard InChI is InChI=1S/C11H21N3O/c1-8(2)11(12)6-14(7-11)10(15)13-9-4-3-5-9/h8-9H,3-7,12H2,1-2H3,(H,13,15). The van der Waals surface area contributed by atoms with Crippen LogP contribution < -0.4 is 11.1 Å². The van der Waals surface area contributed by atoms with Gasteiger partial charge in [0.25, 0.3) is 0 Å². The summed E-state index contributed by atoms with van der Waals surface area (Å²) >= 11 is 0. The summed E-state index contributed by atoms with van der Waals surface area (Å²) in [5, 5.41) is 3.03. The summed E-state index contributed by atoms with van der Waals surface area (Å²) in [6.07, 6.45) is 3.52. The van der Waals surface area contributed by atoms with Crippen molar-refractivity contribution in [2.75, 3.05) is 13.1 Å². The molecule has 0 radical (unpaired) electrons. The fraction of sp³-hybridized carbons (Fsp3) is 0.909. The molecule has 1 aliphatic heterocycles. The molecule has 4 nitrogen and oxygen atoms in total. The molecule has 4 heteroatoms. The van der Waals surface area contributed by atoms with Gasteiger partial charge in [-0.1, -0.05) is 13.8 Å². The number of likely N-dealkylation sites (tertiary alicyclic amines) is 1. The summed E-state index contributed by atoms with van der Waals surface area (Å²) < 4.78 is 0. The molecule has 0 aromatic carbocycles. The van der Waals surface area contributed by atoms with Crippen LogP contribution in [0.4, 0.5) is 4.79 Å². The van der Waals surface area contributed by atoms with Crippen LogP contribution in [0, 0.1) is 5.92 Å². The number of rotatable bonds is 2. The molecular formula is C11H21N3O. The van der Waals surface area contributed by atoms with Gasteiger partial charge in [0, 0.05) is 19.1 Å². The summed E-state index contributed by atoms with van der Waals surface area (Å²) in [4.78, 5) is 13.5. The zero-order valence-corrected chi connectivity index (χ0v) is 9.62.